The fourth-order valence-electron chi connectivity index (χ4n) is 3.41. The van der Waals surface area contributed by atoms with Crippen molar-refractivity contribution in [3.8, 4) is 0 Å². The third-order valence-corrected chi connectivity index (χ3v) is 4.59. The number of allylic oxidation sites excluding steroid dienone is 2. The second-order valence-corrected chi connectivity index (χ2v) is 6.63. The summed E-state index contributed by atoms with van der Waals surface area (Å²) >= 11 is 0. The average Bonchev–Trinajstić information content (AvgIpc) is 2.54. The molecule has 0 aromatic heterocycles. The molecular weight excluding hydrogens is 322 g/mol. The Kier molecular flexibility index (Phi) is 6.58. The molecule has 2 aliphatic carbocycles. The van der Waals surface area contributed by atoms with Gasteiger partial charge in [-0.15, -0.1) is 0 Å². The Bertz CT molecular complexity index is 595. The van der Waals surface area contributed by atoms with Crippen molar-refractivity contribution in [3.05, 3.63) is 23.8 Å². The zero-order chi connectivity index (χ0) is 18.4. The summed E-state index contributed by atoms with van der Waals surface area (Å²) in [7, 11) is 0. The molecule has 4 atom stereocenters. The second-order valence-electron chi connectivity index (χ2n) is 6.63. The summed E-state index contributed by atoms with van der Waals surface area (Å²) in [5, 5.41) is 15.6. The lowest BCUT2D eigenvalue weighted by molar-refractivity contribution is -0.133. The molecule has 7 N–H and O–H groups in total. The fourth-order valence-corrected chi connectivity index (χ4v) is 3.41. The number of carboxylic acid groups (broad SMARTS) is 1. The zero-order valence-electron chi connectivity index (χ0n) is 14.4. The molecule has 1 unspecified atom stereocenters. The first kappa shape index (κ1) is 19.0. The molecule has 2 rings (SSSR count). The highest BCUT2D eigenvalue weighted by Crippen LogP contribution is 2.24. The van der Waals surface area contributed by atoms with Gasteiger partial charge in [-0.1, -0.05) is 18.2 Å². The smallest absolute Gasteiger partial charge is 0.331 e. The first-order chi connectivity index (χ1) is 11.9. The van der Waals surface area contributed by atoms with Crippen LogP contribution >= 0.6 is 0 Å². The number of carbonyl (C=O) groups is 2. The summed E-state index contributed by atoms with van der Waals surface area (Å²) in [5.41, 5.74) is 11.2. The van der Waals surface area contributed by atoms with E-state index in [-0.39, 0.29) is 29.9 Å². The molecule has 0 spiro atoms. The molecule has 0 radical (unpaired) electrons. The number of nitrogens with two attached hydrogens (primary N) is 2. The van der Waals surface area contributed by atoms with Gasteiger partial charge in [-0.3, -0.25) is 4.79 Å². The number of aliphatic carboxylic acids is 1. The number of carboxylic acids is 1. The largest absolute Gasteiger partial charge is 0.478 e. The summed E-state index contributed by atoms with van der Waals surface area (Å²) in [6.07, 6.45) is 9.32. The molecule has 0 saturated carbocycles. The van der Waals surface area contributed by atoms with Gasteiger partial charge in [0.05, 0.1) is 12.1 Å². The molecule has 1 amide bonds. The minimum absolute atomic E-state index is 0.122. The van der Waals surface area contributed by atoms with Gasteiger partial charge < -0.3 is 27.2 Å². The monoisotopic (exact) mass is 349 g/mol. The van der Waals surface area contributed by atoms with Gasteiger partial charge >= 0.3 is 5.97 Å². The molecule has 0 aliphatic heterocycles. The van der Waals surface area contributed by atoms with Crippen molar-refractivity contribution in [2.24, 2.45) is 22.4 Å². The predicted molar refractivity (Wildman–Crippen MR) is 95.8 cm³/mol. The minimum atomic E-state index is -0.996. The topological polar surface area (TPSA) is 143 Å². The molecule has 0 aromatic carbocycles. The quantitative estimate of drug-likeness (QED) is 0.257. The van der Waals surface area contributed by atoms with Crippen LogP contribution in [-0.2, 0) is 9.59 Å². The maximum absolute atomic E-state index is 11.6. The third-order valence-electron chi connectivity index (χ3n) is 4.59. The number of hydrogen-bond acceptors (Lipinski definition) is 4. The van der Waals surface area contributed by atoms with Crippen LogP contribution in [0.2, 0.25) is 0 Å². The summed E-state index contributed by atoms with van der Waals surface area (Å²) < 4.78 is 0. The van der Waals surface area contributed by atoms with Crippen molar-refractivity contribution in [2.45, 2.75) is 50.7 Å². The Balaban J connectivity index is 2.19. The van der Waals surface area contributed by atoms with Gasteiger partial charge in [-0.05, 0) is 31.7 Å². The highest BCUT2D eigenvalue weighted by molar-refractivity contribution is 5.87. The predicted octanol–water partition coefficient (Wildman–Crippen LogP) is -0.138. The van der Waals surface area contributed by atoms with Crippen LogP contribution in [0.15, 0.2) is 28.8 Å². The summed E-state index contributed by atoms with van der Waals surface area (Å²) in [6.45, 7) is 2.16. The molecule has 0 bridgehead atoms. The van der Waals surface area contributed by atoms with Gasteiger partial charge in [0.1, 0.15) is 0 Å². The lowest BCUT2D eigenvalue weighted by atomic mass is 9.85. The highest BCUT2D eigenvalue weighted by atomic mass is 16.4. The maximum Gasteiger partial charge on any atom is 0.331 e. The Morgan fingerprint density at radius 1 is 1.36 bits per heavy atom. The van der Waals surface area contributed by atoms with Crippen LogP contribution in [0.3, 0.4) is 0 Å². The number of rotatable bonds is 6. The van der Waals surface area contributed by atoms with Crippen molar-refractivity contribution in [3.63, 3.8) is 0 Å². The summed E-state index contributed by atoms with van der Waals surface area (Å²) in [4.78, 5) is 27.2. The number of nitrogens with zero attached hydrogens (tertiary/aromatic N) is 1. The van der Waals surface area contributed by atoms with E-state index in [1.165, 1.54) is 6.92 Å². The Morgan fingerprint density at radius 3 is 2.68 bits per heavy atom. The van der Waals surface area contributed by atoms with Crippen LogP contribution < -0.4 is 22.1 Å². The SMILES string of the molecule is CC(=O)N[C@H]1[C@@H](N=C(N)N)CC(C(=O)O)=C[C@H]1NCC1CC=CCC1. The Labute approximate surface area is 147 Å². The van der Waals surface area contributed by atoms with Crippen LogP contribution in [0, 0.1) is 5.92 Å². The van der Waals surface area contributed by atoms with Crippen molar-refractivity contribution >= 4 is 17.8 Å². The number of amides is 1. The number of hydrogen-bond donors (Lipinski definition) is 5. The van der Waals surface area contributed by atoms with Crippen LogP contribution in [0.4, 0.5) is 0 Å². The summed E-state index contributed by atoms with van der Waals surface area (Å²) in [6, 6.07) is -1.27. The standard InChI is InChI=1S/C17H27N5O3/c1-10(23)21-15-13(20-9-11-5-3-2-4-6-11)7-12(16(24)25)8-14(15)22-17(18)19/h2-3,7,11,13-15,20H,4-6,8-9H2,1H3,(H,21,23)(H,24,25)(H4,18,19,22)/t11?,13-,14+,15-/m1/s1. The number of guanidine groups is 1. The molecule has 2 aliphatic rings. The van der Waals surface area contributed by atoms with Crippen LogP contribution in [0.25, 0.3) is 0 Å². The second kappa shape index (κ2) is 8.66. The normalized spacial score (nSPS) is 28.8. The molecule has 138 valence electrons. The van der Waals surface area contributed by atoms with E-state index in [2.05, 4.69) is 27.8 Å². The molecule has 0 fully saturated rings. The van der Waals surface area contributed by atoms with Crippen molar-refractivity contribution < 1.29 is 14.7 Å². The number of carbonyl (C=O) groups excluding carboxylic acids is 1. The van der Waals surface area contributed by atoms with Crippen molar-refractivity contribution in [2.75, 3.05) is 6.54 Å². The van der Waals surface area contributed by atoms with E-state index in [9.17, 15) is 14.7 Å². The molecule has 0 aromatic rings. The highest BCUT2D eigenvalue weighted by Gasteiger charge is 2.36. The van der Waals surface area contributed by atoms with Crippen LogP contribution in [0.5, 0.6) is 0 Å². The molecular formula is C17H27N5O3. The fraction of sp³-hybridized carbons (Fsp3) is 0.588. The lowest BCUT2D eigenvalue weighted by Crippen LogP contribution is -2.57. The maximum atomic E-state index is 11.6. The first-order valence-electron chi connectivity index (χ1n) is 8.55. The van der Waals surface area contributed by atoms with Gasteiger partial charge in [0.25, 0.3) is 0 Å². The zero-order valence-corrected chi connectivity index (χ0v) is 14.4. The molecule has 0 heterocycles. The third kappa shape index (κ3) is 5.60. The number of aliphatic imine (C=N–C) groups is 1. The van der Waals surface area contributed by atoms with E-state index in [0.29, 0.717) is 5.92 Å². The lowest BCUT2D eigenvalue weighted by Gasteiger charge is -2.36. The van der Waals surface area contributed by atoms with E-state index in [1.807, 2.05) is 0 Å². The molecule has 0 saturated heterocycles. The number of nitrogens with one attached hydrogen (secondary N) is 2. The summed E-state index contributed by atoms with van der Waals surface area (Å²) in [5.74, 6) is -0.832. The Hall–Kier alpha value is -2.35. The van der Waals surface area contributed by atoms with Gasteiger partial charge in [0, 0.05) is 25.0 Å². The Morgan fingerprint density at radius 2 is 2.12 bits per heavy atom. The molecule has 25 heavy (non-hydrogen) atoms. The average molecular weight is 349 g/mol. The first-order valence-corrected chi connectivity index (χ1v) is 8.55. The van der Waals surface area contributed by atoms with Crippen molar-refractivity contribution in [1.82, 2.24) is 10.6 Å². The van der Waals surface area contributed by atoms with E-state index in [1.54, 1.807) is 6.08 Å². The van der Waals surface area contributed by atoms with Gasteiger partial charge in [-0.25, -0.2) is 9.79 Å². The minimum Gasteiger partial charge on any atom is -0.478 e. The van der Waals surface area contributed by atoms with Gasteiger partial charge in [0.15, 0.2) is 5.96 Å². The van der Waals surface area contributed by atoms with Crippen LogP contribution in [-0.4, -0.2) is 47.6 Å². The molecule has 8 nitrogen and oxygen atoms in total. The van der Waals surface area contributed by atoms with E-state index in [4.69, 9.17) is 11.5 Å². The van der Waals surface area contributed by atoms with E-state index in [0.717, 1.165) is 25.8 Å². The van der Waals surface area contributed by atoms with Gasteiger partial charge in [0.2, 0.25) is 5.91 Å². The van der Waals surface area contributed by atoms with E-state index >= 15 is 0 Å². The molecule has 8 heteroatoms. The van der Waals surface area contributed by atoms with E-state index < -0.39 is 18.1 Å². The van der Waals surface area contributed by atoms with Crippen molar-refractivity contribution in [1.29, 1.82) is 0 Å². The van der Waals surface area contributed by atoms with Crippen LogP contribution in [0.1, 0.15) is 32.6 Å². The van der Waals surface area contributed by atoms with Gasteiger partial charge in [-0.2, -0.15) is 0 Å².